The Morgan fingerprint density at radius 1 is 1.43 bits per heavy atom. The lowest BCUT2D eigenvalue weighted by Crippen LogP contribution is -2.22. The van der Waals surface area contributed by atoms with Crippen molar-refractivity contribution in [3.63, 3.8) is 0 Å². The average Bonchev–Trinajstić information content (AvgIpc) is 2.20. The van der Waals surface area contributed by atoms with Crippen molar-refractivity contribution < 1.29 is 13.5 Å². The molecule has 2 unspecified atom stereocenters. The van der Waals surface area contributed by atoms with Crippen LogP contribution in [0.1, 0.15) is 13.3 Å². The van der Waals surface area contributed by atoms with Crippen LogP contribution in [0.5, 0.6) is 5.75 Å². The Labute approximate surface area is 86.4 Å². The van der Waals surface area contributed by atoms with Crippen LogP contribution in [0, 0.1) is 0 Å². The fraction of sp³-hybridized carbons (Fsp3) is 0.400. The largest absolute Gasteiger partial charge is 0.772 e. The maximum atomic E-state index is 10.7. The first-order valence-corrected chi connectivity index (χ1v) is 5.63. The van der Waals surface area contributed by atoms with Crippen LogP contribution in [0.4, 0.5) is 0 Å². The molecule has 0 heterocycles. The predicted molar refractivity (Wildman–Crippen MR) is 54.9 cm³/mol. The summed E-state index contributed by atoms with van der Waals surface area (Å²) in [5.41, 5.74) is 0. The third-order valence-corrected chi connectivity index (χ3v) is 2.92. The van der Waals surface area contributed by atoms with Gasteiger partial charge in [-0.1, -0.05) is 25.1 Å². The van der Waals surface area contributed by atoms with E-state index in [2.05, 4.69) is 0 Å². The fourth-order valence-corrected chi connectivity index (χ4v) is 1.47. The molecule has 1 rings (SSSR count). The minimum absolute atomic E-state index is 0.219. The topological polar surface area (TPSA) is 49.4 Å². The van der Waals surface area contributed by atoms with Gasteiger partial charge in [0.1, 0.15) is 12.4 Å². The Hall–Kier alpha value is -0.870. The standard InChI is InChI=1S/C10H14O3S/c1-2-10(14(11)12)8-13-9-6-4-3-5-7-9/h3-7,10H,2,8H2,1H3,(H,11,12)/p-1. The zero-order chi connectivity index (χ0) is 10.4. The van der Waals surface area contributed by atoms with Crippen molar-refractivity contribution >= 4 is 11.1 Å². The summed E-state index contributed by atoms with van der Waals surface area (Å²) < 4.78 is 26.7. The van der Waals surface area contributed by atoms with Gasteiger partial charge in [-0.15, -0.1) is 0 Å². The number of benzene rings is 1. The van der Waals surface area contributed by atoms with Gasteiger partial charge < -0.3 is 9.29 Å². The van der Waals surface area contributed by atoms with E-state index < -0.39 is 16.3 Å². The van der Waals surface area contributed by atoms with Crippen LogP contribution < -0.4 is 4.74 Å². The summed E-state index contributed by atoms with van der Waals surface area (Å²) in [6.45, 7) is 2.05. The van der Waals surface area contributed by atoms with Gasteiger partial charge in [-0.2, -0.15) is 0 Å². The maximum absolute atomic E-state index is 10.7. The van der Waals surface area contributed by atoms with Crippen LogP contribution in [0.25, 0.3) is 0 Å². The summed E-state index contributed by atoms with van der Waals surface area (Å²) in [6, 6.07) is 9.20. The highest BCUT2D eigenvalue weighted by atomic mass is 32.2. The zero-order valence-electron chi connectivity index (χ0n) is 8.01. The van der Waals surface area contributed by atoms with Crippen molar-refractivity contribution in [2.45, 2.75) is 18.6 Å². The monoisotopic (exact) mass is 213 g/mol. The molecule has 78 valence electrons. The van der Waals surface area contributed by atoms with Gasteiger partial charge in [0.25, 0.3) is 0 Å². The molecule has 2 atom stereocenters. The summed E-state index contributed by atoms with van der Waals surface area (Å²) in [7, 11) is 0. The first-order valence-electron chi connectivity index (χ1n) is 4.50. The van der Waals surface area contributed by atoms with Crippen molar-refractivity contribution in [3.8, 4) is 5.75 Å². The summed E-state index contributed by atoms with van der Waals surface area (Å²) in [4.78, 5) is 0. The van der Waals surface area contributed by atoms with E-state index in [0.717, 1.165) is 0 Å². The van der Waals surface area contributed by atoms with Crippen LogP contribution in [-0.2, 0) is 11.1 Å². The smallest absolute Gasteiger partial charge is 0.119 e. The van der Waals surface area contributed by atoms with E-state index >= 15 is 0 Å². The van der Waals surface area contributed by atoms with Crippen molar-refractivity contribution in [3.05, 3.63) is 30.3 Å². The van der Waals surface area contributed by atoms with E-state index in [1.54, 1.807) is 12.1 Å². The Morgan fingerprint density at radius 2 is 2.07 bits per heavy atom. The molecule has 4 heteroatoms. The lowest BCUT2D eigenvalue weighted by atomic mass is 10.3. The van der Waals surface area contributed by atoms with E-state index in [-0.39, 0.29) is 6.61 Å². The molecule has 0 aliphatic rings. The highest BCUT2D eigenvalue weighted by Crippen LogP contribution is 2.10. The Kier molecular flexibility index (Phi) is 4.62. The molecule has 1 aromatic carbocycles. The summed E-state index contributed by atoms with van der Waals surface area (Å²) in [6.07, 6.45) is 0.572. The van der Waals surface area contributed by atoms with Crippen molar-refractivity contribution in [1.29, 1.82) is 0 Å². The molecule has 0 radical (unpaired) electrons. The first-order chi connectivity index (χ1) is 6.74. The molecule has 0 fully saturated rings. The van der Waals surface area contributed by atoms with Gasteiger partial charge in [-0.05, 0) is 29.6 Å². The molecule has 0 aliphatic heterocycles. The highest BCUT2D eigenvalue weighted by molar-refractivity contribution is 7.79. The molecular formula is C10H13O3S-. The van der Waals surface area contributed by atoms with Gasteiger partial charge >= 0.3 is 0 Å². The number of ether oxygens (including phenoxy) is 1. The Balaban J connectivity index is 2.44. The number of rotatable bonds is 5. The third kappa shape index (κ3) is 3.47. The molecule has 14 heavy (non-hydrogen) atoms. The van der Waals surface area contributed by atoms with Crippen LogP contribution in [0.15, 0.2) is 30.3 Å². The zero-order valence-corrected chi connectivity index (χ0v) is 8.83. The maximum Gasteiger partial charge on any atom is 0.119 e. The lowest BCUT2D eigenvalue weighted by Gasteiger charge is -2.18. The second-order valence-electron chi connectivity index (χ2n) is 2.91. The summed E-state index contributed by atoms with van der Waals surface area (Å²) in [5, 5.41) is -0.421. The molecule has 0 aromatic heterocycles. The van der Waals surface area contributed by atoms with Gasteiger partial charge in [0.2, 0.25) is 0 Å². The molecule has 0 saturated carbocycles. The van der Waals surface area contributed by atoms with Crippen LogP contribution in [0.2, 0.25) is 0 Å². The lowest BCUT2D eigenvalue weighted by molar-refractivity contribution is 0.307. The van der Waals surface area contributed by atoms with Gasteiger partial charge in [-0.3, -0.25) is 4.21 Å². The van der Waals surface area contributed by atoms with Crippen molar-refractivity contribution in [2.24, 2.45) is 0 Å². The van der Waals surface area contributed by atoms with Crippen molar-refractivity contribution in [2.75, 3.05) is 6.61 Å². The van der Waals surface area contributed by atoms with Gasteiger partial charge in [0.05, 0.1) is 5.25 Å². The molecule has 1 aromatic rings. The fourth-order valence-electron chi connectivity index (χ4n) is 1.02. The number of hydrogen-bond acceptors (Lipinski definition) is 3. The molecule has 0 aliphatic carbocycles. The predicted octanol–water partition coefficient (Wildman–Crippen LogP) is 1.72. The van der Waals surface area contributed by atoms with E-state index in [9.17, 15) is 8.76 Å². The molecule has 0 spiro atoms. The molecule has 0 amide bonds. The van der Waals surface area contributed by atoms with Gasteiger partial charge in [-0.25, -0.2) is 0 Å². The molecule has 0 saturated heterocycles. The Bertz CT molecular complexity index is 287. The third-order valence-electron chi connectivity index (χ3n) is 1.91. The SMILES string of the molecule is CCC(COc1ccccc1)S(=O)[O-]. The van der Waals surface area contributed by atoms with Crippen LogP contribution in [-0.4, -0.2) is 20.6 Å². The minimum atomic E-state index is -2.05. The molecule has 0 N–H and O–H groups in total. The minimum Gasteiger partial charge on any atom is -0.772 e. The number of para-hydroxylation sites is 1. The summed E-state index contributed by atoms with van der Waals surface area (Å²) in [5.74, 6) is 0.705. The van der Waals surface area contributed by atoms with E-state index in [1.807, 2.05) is 25.1 Å². The van der Waals surface area contributed by atoms with E-state index in [4.69, 9.17) is 4.74 Å². The van der Waals surface area contributed by atoms with Crippen LogP contribution in [0.3, 0.4) is 0 Å². The Morgan fingerprint density at radius 3 is 2.57 bits per heavy atom. The second-order valence-corrected chi connectivity index (χ2v) is 4.10. The second kappa shape index (κ2) is 5.78. The van der Waals surface area contributed by atoms with Crippen LogP contribution >= 0.6 is 0 Å². The van der Waals surface area contributed by atoms with Gasteiger partial charge in [0.15, 0.2) is 0 Å². The normalized spacial score (nSPS) is 14.7. The first kappa shape index (κ1) is 11.2. The highest BCUT2D eigenvalue weighted by Gasteiger charge is 2.06. The molecule has 0 bridgehead atoms. The quantitative estimate of drug-likeness (QED) is 0.700. The molecule has 3 nitrogen and oxygen atoms in total. The van der Waals surface area contributed by atoms with Crippen molar-refractivity contribution in [1.82, 2.24) is 0 Å². The van der Waals surface area contributed by atoms with E-state index in [1.165, 1.54) is 0 Å². The summed E-state index contributed by atoms with van der Waals surface area (Å²) >= 11 is -2.05. The van der Waals surface area contributed by atoms with Gasteiger partial charge in [0, 0.05) is 0 Å². The molecular weight excluding hydrogens is 200 g/mol. The number of hydrogen-bond donors (Lipinski definition) is 0. The average molecular weight is 213 g/mol. The van der Waals surface area contributed by atoms with E-state index in [0.29, 0.717) is 12.2 Å².